The van der Waals surface area contributed by atoms with Crippen LogP contribution in [0.25, 0.3) is 6.08 Å². The normalized spacial score (nSPS) is 11.7. The third kappa shape index (κ3) is 5.88. The molecule has 0 saturated heterocycles. The van der Waals surface area contributed by atoms with E-state index in [9.17, 15) is 9.59 Å². The molecule has 0 aromatic heterocycles. The molecule has 0 aliphatic carbocycles. The first-order valence-corrected chi connectivity index (χ1v) is 8.41. The predicted octanol–water partition coefficient (Wildman–Crippen LogP) is 3.60. The Morgan fingerprint density at radius 1 is 1.00 bits per heavy atom. The van der Waals surface area contributed by atoms with Crippen molar-refractivity contribution in [2.24, 2.45) is 0 Å². The molecule has 0 aliphatic heterocycles. The summed E-state index contributed by atoms with van der Waals surface area (Å²) in [5, 5.41) is 2.71. The van der Waals surface area contributed by atoms with Gasteiger partial charge < -0.3 is 19.5 Å². The minimum absolute atomic E-state index is 0.397. The van der Waals surface area contributed by atoms with Crippen LogP contribution in [0.3, 0.4) is 0 Å². The van der Waals surface area contributed by atoms with Crippen molar-refractivity contribution < 1.29 is 23.8 Å². The lowest BCUT2D eigenvalue weighted by Crippen LogP contribution is -2.29. The fraction of sp³-hybridized carbons (Fsp3) is 0.238. The SMILES string of the molecule is COc1ccc(/C=C/C(=O)OC(C)C(=O)Nc2ccc(C)cc2)cc1OC. The number of hydrogen-bond acceptors (Lipinski definition) is 5. The molecule has 0 heterocycles. The van der Waals surface area contributed by atoms with E-state index in [-0.39, 0.29) is 0 Å². The standard InChI is InChI=1S/C21H23NO5/c1-14-5-9-17(10-6-14)22-21(24)15(2)27-20(23)12-8-16-7-11-18(25-3)19(13-16)26-4/h5-13,15H,1-4H3,(H,22,24)/b12-8+. The van der Waals surface area contributed by atoms with E-state index in [4.69, 9.17) is 14.2 Å². The molecule has 0 fully saturated rings. The van der Waals surface area contributed by atoms with Crippen LogP contribution in [0.5, 0.6) is 11.5 Å². The molecule has 1 N–H and O–H groups in total. The van der Waals surface area contributed by atoms with Gasteiger partial charge in [0.25, 0.3) is 5.91 Å². The summed E-state index contributed by atoms with van der Waals surface area (Å²) in [7, 11) is 3.09. The van der Waals surface area contributed by atoms with Crippen LogP contribution in [0.4, 0.5) is 5.69 Å². The Morgan fingerprint density at radius 2 is 1.67 bits per heavy atom. The number of carbonyl (C=O) groups excluding carboxylic acids is 2. The Balaban J connectivity index is 1.93. The van der Waals surface area contributed by atoms with Gasteiger partial charge >= 0.3 is 5.97 Å². The average molecular weight is 369 g/mol. The third-order valence-corrected chi connectivity index (χ3v) is 3.80. The van der Waals surface area contributed by atoms with Crippen LogP contribution in [0.2, 0.25) is 0 Å². The van der Waals surface area contributed by atoms with Gasteiger partial charge in [0.15, 0.2) is 17.6 Å². The molecule has 0 saturated carbocycles. The zero-order chi connectivity index (χ0) is 19.8. The number of carbonyl (C=O) groups is 2. The molecule has 1 amide bonds. The van der Waals surface area contributed by atoms with Crippen molar-refractivity contribution in [3.63, 3.8) is 0 Å². The van der Waals surface area contributed by atoms with E-state index in [0.717, 1.165) is 11.1 Å². The maximum absolute atomic E-state index is 12.1. The monoisotopic (exact) mass is 369 g/mol. The first-order chi connectivity index (χ1) is 12.9. The van der Waals surface area contributed by atoms with Crippen molar-refractivity contribution in [3.8, 4) is 11.5 Å². The quantitative estimate of drug-likeness (QED) is 0.596. The summed E-state index contributed by atoms with van der Waals surface area (Å²) in [4.78, 5) is 24.1. The number of esters is 1. The summed E-state index contributed by atoms with van der Waals surface area (Å²) in [6.45, 7) is 3.48. The molecule has 0 radical (unpaired) electrons. The van der Waals surface area contributed by atoms with Crippen molar-refractivity contribution in [2.45, 2.75) is 20.0 Å². The molecule has 6 nitrogen and oxygen atoms in total. The van der Waals surface area contributed by atoms with Crippen molar-refractivity contribution in [3.05, 3.63) is 59.7 Å². The van der Waals surface area contributed by atoms with Gasteiger partial charge in [-0.25, -0.2) is 4.79 Å². The van der Waals surface area contributed by atoms with E-state index < -0.39 is 18.0 Å². The number of nitrogens with one attached hydrogen (secondary N) is 1. The van der Waals surface area contributed by atoms with Crippen LogP contribution < -0.4 is 14.8 Å². The Hall–Kier alpha value is -3.28. The molecule has 6 heteroatoms. The first-order valence-electron chi connectivity index (χ1n) is 8.41. The molecule has 2 aromatic rings. The highest BCUT2D eigenvalue weighted by atomic mass is 16.5. The summed E-state index contributed by atoms with van der Waals surface area (Å²) in [6.07, 6.45) is 1.92. The van der Waals surface area contributed by atoms with E-state index in [1.807, 2.05) is 19.1 Å². The minimum atomic E-state index is -0.922. The van der Waals surface area contributed by atoms with Crippen LogP contribution in [-0.4, -0.2) is 32.2 Å². The number of anilines is 1. The number of aryl methyl sites for hydroxylation is 1. The Bertz CT molecular complexity index is 827. The Morgan fingerprint density at radius 3 is 2.30 bits per heavy atom. The van der Waals surface area contributed by atoms with Gasteiger partial charge in [-0.3, -0.25) is 4.79 Å². The highest BCUT2D eigenvalue weighted by Crippen LogP contribution is 2.27. The van der Waals surface area contributed by atoms with Crippen molar-refractivity contribution in [2.75, 3.05) is 19.5 Å². The van der Waals surface area contributed by atoms with E-state index >= 15 is 0 Å². The second kappa shape index (κ2) is 9.43. The molecular weight excluding hydrogens is 346 g/mol. The maximum Gasteiger partial charge on any atom is 0.331 e. The topological polar surface area (TPSA) is 73.9 Å². The molecule has 1 unspecified atom stereocenters. The number of methoxy groups -OCH3 is 2. The van der Waals surface area contributed by atoms with Crippen molar-refractivity contribution in [1.29, 1.82) is 0 Å². The number of rotatable bonds is 7. The summed E-state index contributed by atoms with van der Waals surface area (Å²) in [6, 6.07) is 12.6. The summed E-state index contributed by atoms with van der Waals surface area (Å²) in [5.41, 5.74) is 2.48. The van der Waals surface area contributed by atoms with Gasteiger partial charge in [0.05, 0.1) is 14.2 Å². The zero-order valence-electron chi connectivity index (χ0n) is 15.8. The van der Waals surface area contributed by atoms with Crippen LogP contribution in [0, 0.1) is 6.92 Å². The van der Waals surface area contributed by atoms with Gasteiger partial charge in [-0.05, 0) is 49.8 Å². The molecule has 2 aromatic carbocycles. The van der Waals surface area contributed by atoms with Crippen LogP contribution in [0.15, 0.2) is 48.5 Å². The van der Waals surface area contributed by atoms with Gasteiger partial charge in [-0.15, -0.1) is 0 Å². The van der Waals surface area contributed by atoms with Crippen LogP contribution >= 0.6 is 0 Å². The Kier molecular flexibility index (Phi) is 7.00. The molecule has 1 atom stereocenters. The van der Waals surface area contributed by atoms with Crippen molar-refractivity contribution >= 4 is 23.6 Å². The number of amides is 1. The molecule has 0 bridgehead atoms. The van der Waals surface area contributed by atoms with Gasteiger partial charge in [-0.2, -0.15) is 0 Å². The lowest BCUT2D eigenvalue weighted by atomic mass is 10.2. The fourth-order valence-corrected chi connectivity index (χ4v) is 2.27. The molecule has 0 spiro atoms. The number of benzene rings is 2. The van der Waals surface area contributed by atoms with E-state index in [0.29, 0.717) is 17.2 Å². The number of ether oxygens (including phenoxy) is 3. The highest BCUT2D eigenvalue weighted by Gasteiger charge is 2.16. The predicted molar refractivity (Wildman–Crippen MR) is 104 cm³/mol. The Labute approximate surface area is 158 Å². The second-order valence-corrected chi connectivity index (χ2v) is 5.88. The van der Waals surface area contributed by atoms with E-state index in [1.165, 1.54) is 20.1 Å². The summed E-state index contributed by atoms with van der Waals surface area (Å²) in [5.74, 6) is 0.139. The lowest BCUT2D eigenvalue weighted by Gasteiger charge is -2.12. The maximum atomic E-state index is 12.1. The van der Waals surface area contributed by atoms with Gasteiger partial charge in [0.2, 0.25) is 0 Å². The van der Waals surface area contributed by atoms with E-state index in [1.54, 1.807) is 43.5 Å². The lowest BCUT2D eigenvalue weighted by molar-refractivity contribution is -0.148. The second-order valence-electron chi connectivity index (χ2n) is 5.88. The van der Waals surface area contributed by atoms with Crippen molar-refractivity contribution in [1.82, 2.24) is 0 Å². The first kappa shape index (κ1) is 20.0. The summed E-state index contributed by atoms with van der Waals surface area (Å²) >= 11 is 0. The van der Waals surface area contributed by atoms with Gasteiger partial charge in [0, 0.05) is 11.8 Å². The van der Waals surface area contributed by atoms with Gasteiger partial charge in [-0.1, -0.05) is 23.8 Å². The molecule has 0 aliphatic rings. The van der Waals surface area contributed by atoms with Gasteiger partial charge in [0.1, 0.15) is 0 Å². The fourth-order valence-electron chi connectivity index (χ4n) is 2.27. The molecule has 142 valence electrons. The highest BCUT2D eigenvalue weighted by molar-refractivity contribution is 5.96. The minimum Gasteiger partial charge on any atom is -0.493 e. The third-order valence-electron chi connectivity index (χ3n) is 3.80. The van der Waals surface area contributed by atoms with Crippen LogP contribution in [0.1, 0.15) is 18.1 Å². The molecule has 2 rings (SSSR count). The summed E-state index contributed by atoms with van der Waals surface area (Å²) < 4.78 is 15.5. The smallest absolute Gasteiger partial charge is 0.331 e. The molecule has 27 heavy (non-hydrogen) atoms. The average Bonchev–Trinajstić information content (AvgIpc) is 2.67. The zero-order valence-corrected chi connectivity index (χ0v) is 15.8. The van der Waals surface area contributed by atoms with E-state index in [2.05, 4.69) is 5.32 Å². The largest absolute Gasteiger partial charge is 0.493 e. The number of hydrogen-bond donors (Lipinski definition) is 1. The molecular formula is C21H23NO5. The van der Waals surface area contributed by atoms with Crippen LogP contribution in [-0.2, 0) is 14.3 Å².